The average molecular weight is 920 g/mol. The Kier molecular flexibility index (Phi) is 23.3. The van der Waals surface area contributed by atoms with Crippen LogP contribution < -0.4 is 5.73 Å². The van der Waals surface area contributed by atoms with Crippen LogP contribution in [0.3, 0.4) is 0 Å². The van der Waals surface area contributed by atoms with E-state index in [2.05, 4.69) is 19.9 Å². The number of hydrogen-bond donors (Lipinski definition) is 10. The maximum Gasteiger partial charge on any atom is 0.311 e. The van der Waals surface area contributed by atoms with Gasteiger partial charge in [-0.05, 0) is 38.0 Å². The molecule has 3 aliphatic heterocycles. The third-order valence-corrected chi connectivity index (χ3v) is 12.4. The van der Waals surface area contributed by atoms with Gasteiger partial charge >= 0.3 is 11.9 Å². The molecule has 18 atom stereocenters. The summed E-state index contributed by atoms with van der Waals surface area (Å²) in [6, 6.07) is -1.15. The maximum absolute atomic E-state index is 12.8. The van der Waals surface area contributed by atoms with Crippen LogP contribution in [0.15, 0.2) is 85.1 Å². The van der Waals surface area contributed by atoms with Gasteiger partial charge in [0, 0.05) is 38.5 Å². The van der Waals surface area contributed by atoms with Crippen molar-refractivity contribution in [1.82, 2.24) is 0 Å². The predicted octanol–water partition coefficient (Wildman–Crippen LogP) is 2.20. The van der Waals surface area contributed by atoms with Gasteiger partial charge in [0.2, 0.25) is 0 Å². The van der Waals surface area contributed by atoms with Gasteiger partial charge in [-0.2, -0.15) is 0 Å². The first-order valence-electron chi connectivity index (χ1n) is 22.5. The Labute approximate surface area is 381 Å². The van der Waals surface area contributed by atoms with Crippen molar-refractivity contribution in [2.75, 3.05) is 0 Å². The Bertz CT molecular complexity index is 1710. The monoisotopic (exact) mass is 919 g/mol. The number of allylic oxidation sites excluding steroid dienone is 13. The van der Waals surface area contributed by atoms with E-state index in [-0.39, 0.29) is 43.4 Å². The van der Waals surface area contributed by atoms with Crippen LogP contribution in [-0.2, 0) is 33.3 Å². The van der Waals surface area contributed by atoms with E-state index in [1.54, 1.807) is 37.3 Å². The fourth-order valence-electron chi connectivity index (χ4n) is 8.03. The highest BCUT2D eigenvalue weighted by molar-refractivity contribution is 5.78. The van der Waals surface area contributed by atoms with E-state index in [4.69, 9.17) is 24.7 Å². The van der Waals surface area contributed by atoms with E-state index in [1.807, 2.05) is 49.5 Å². The normalized spacial score (nSPS) is 44.4. The molecular formula is C48H73NO16. The fraction of sp³-hybridized carbons (Fsp3) is 0.646. The number of esters is 1. The summed E-state index contributed by atoms with van der Waals surface area (Å²) < 4.78 is 23.3. The molecule has 0 radical (unpaired) electrons. The van der Waals surface area contributed by atoms with Crippen molar-refractivity contribution in [3.05, 3.63) is 85.1 Å². The van der Waals surface area contributed by atoms with Gasteiger partial charge in [0.05, 0.1) is 67.4 Å². The van der Waals surface area contributed by atoms with Crippen LogP contribution in [0.4, 0.5) is 0 Å². The van der Waals surface area contributed by atoms with Crippen molar-refractivity contribution >= 4 is 17.7 Å². The second-order valence-corrected chi connectivity index (χ2v) is 17.8. The minimum atomic E-state index is -2.37. The number of carboxylic acid groups (broad SMARTS) is 1. The van der Waals surface area contributed by atoms with Gasteiger partial charge in [-0.3, -0.25) is 14.4 Å². The number of ketones is 1. The molecule has 11 N–H and O–H groups in total. The number of carboxylic acids is 1. The highest BCUT2D eigenvalue weighted by Gasteiger charge is 2.51. The van der Waals surface area contributed by atoms with Crippen LogP contribution in [0.25, 0.3) is 0 Å². The minimum absolute atomic E-state index is 0.0220. The van der Waals surface area contributed by atoms with Crippen LogP contribution >= 0.6 is 0 Å². The molecule has 3 aliphatic rings. The zero-order chi connectivity index (χ0) is 48.4. The smallest absolute Gasteiger partial charge is 0.311 e. The van der Waals surface area contributed by atoms with Crippen molar-refractivity contribution in [2.24, 2.45) is 29.4 Å². The van der Waals surface area contributed by atoms with E-state index < -0.39 is 135 Å². The molecule has 0 spiro atoms. The molecule has 0 aliphatic carbocycles. The van der Waals surface area contributed by atoms with Crippen molar-refractivity contribution < 1.29 is 79.3 Å². The molecule has 17 nitrogen and oxygen atoms in total. The lowest BCUT2D eigenvalue weighted by atomic mass is 9.82. The highest BCUT2D eigenvalue weighted by Crippen LogP contribution is 2.38. The summed E-state index contributed by atoms with van der Waals surface area (Å²) in [5.41, 5.74) is 6.02. The molecule has 0 aromatic carbocycles. The molecule has 65 heavy (non-hydrogen) atoms. The number of ether oxygens (including phenoxy) is 4. The third kappa shape index (κ3) is 18.5. The summed E-state index contributed by atoms with van der Waals surface area (Å²) in [7, 11) is 0. The topological polar surface area (TPSA) is 296 Å². The van der Waals surface area contributed by atoms with Crippen LogP contribution in [-0.4, -0.2) is 149 Å². The molecule has 3 rings (SSSR count). The van der Waals surface area contributed by atoms with E-state index >= 15 is 0 Å². The highest BCUT2D eigenvalue weighted by atomic mass is 16.7. The third-order valence-electron chi connectivity index (χ3n) is 12.4. The lowest BCUT2D eigenvalue weighted by molar-refractivity contribution is -0.310. The van der Waals surface area contributed by atoms with Crippen LogP contribution in [0, 0.1) is 23.7 Å². The number of nitrogens with two attached hydrogens (primary N) is 1. The lowest BCUT2D eigenvalue weighted by Gasteiger charge is -2.45. The van der Waals surface area contributed by atoms with Crippen molar-refractivity contribution in [3.63, 3.8) is 0 Å². The Morgan fingerprint density at radius 1 is 0.692 bits per heavy atom. The molecule has 2 fully saturated rings. The average Bonchev–Trinajstić information content (AvgIpc) is 3.21. The molecule has 0 amide bonds. The quantitative estimate of drug-likeness (QED) is 0.182. The van der Waals surface area contributed by atoms with Gasteiger partial charge < -0.3 is 70.6 Å². The van der Waals surface area contributed by atoms with Crippen LogP contribution in [0.1, 0.15) is 86.0 Å². The van der Waals surface area contributed by atoms with E-state index in [0.29, 0.717) is 0 Å². The Morgan fingerprint density at radius 2 is 1.23 bits per heavy atom. The number of cyclic esters (lactones) is 1. The van der Waals surface area contributed by atoms with E-state index in [9.17, 15) is 60.3 Å². The van der Waals surface area contributed by atoms with E-state index in [1.165, 1.54) is 13.0 Å². The summed E-state index contributed by atoms with van der Waals surface area (Å²) in [4.78, 5) is 37.9. The number of rotatable bonds is 3. The van der Waals surface area contributed by atoms with Gasteiger partial charge in [-0.25, -0.2) is 0 Å². The zero-order valence-corrected chi connectivity index (χ0v) is 38.0. The summed E-state index contributed by atoms with van der Waals surface area (Å²) >= 11 is 0. The fourth-order valence-corrected chi connectivity index (χ4v) is 8.03. The number of carbonyl (C=O) groups excluding carboxylic acids is 2. The molecule has 0 aromatic heterocycles. The number of aliphatic hydroxyl groups is 8. The van der Waals surface area contributed by atoms with Crippen molar-refractivity contribution in [3.8, 4) is 0 Å². The minimum Gasteiger partial charge on any atom is -0.481 e. The maximum atomic E-state index is 12.8. The number of fused-ring (bicyclic) bond motifs is 2. The van der Waals surface area contributed by atoms with Gasteiger partial charge in [0.15, 0.2) is 12.1 Å². The first-order valence-corrected chi connectivity index (χ1v) is 22.5. The number of hydrogen-bond acceptors (Lipinski definition) is 16. The molecule has 0 saturated carbocycles. The molecule has 17 heteroatoms. The van der Waals surface area contributed by atoms with Gasteiger partial charge in [-0.1, -0.05) is 106 Å². The molecule has 3 heterocycles. The Morgan fingerprint density at radius 3 is 1.82 bits per heavy atom. The number of Topliss-reactive ketones (excluding diaryl/α,β-unsaturated/α-hetero) is 1. The SMILES string of the molecule is CC1OC(OC2\C=C/C=C\C=C/C=C\C=C/C=C\C=C/[C@H](C)C(C)[C@@H](C)[C@H](C)OC(=O)CC(O)CC(O)CC(=O)CCC(O)C(O)CC3(O)C[C@H](O)C(C(=O)O)C(C2)O3)C(O)C(N)C1O. The molecule has 14 unspecified atom stereocenters. The standard InChI is InChI=1S/C48H73NO16/c1-28-18-16-14-12-10-8-6-7-9-11-13-15-17-19-36(64-47-45(58)43(49)44(57)32(5)63-47)25-40-42(46(59)60)39(55)27-48(61,65-40)26-38(54)37(53)21-20-33(50)22-34(51)23-35(52)24-41(56)62-31(4)30(3)29(28)2/h6-19,28-32,34-40,42-45,47,51-55,57-58,61H,20-27,49H2,1-5H3,(H,59,60)/b7-6-,10-8-,11-9-,14-12-,15-13-,18-16-,19-17-/t28-,29?,30+,31-,32?,34?,35?,36?,37?,38?,39-,40?,42?,43?,44?,45?,47?,48?/m0/s1. The molecular weight excluding hydrogens is 847 g/mol. The first-order chi connectivity index (χ1) is 30.6. The van der Waals surface area contributed by atoms with Crippen LogP contribution in [0.5, 0.6) is 0 Å². The summed E-state index contributed by atoms with van der Waals surface area (Å²) in [5.74, 6) is -6.31. The molecule has 366 valence electrons. The van der Waals surface area contributed by atoms with E-state index in [0.717, 1.165) is 0 Å². The van der Waals surface area contributed by atoms with Crippen molar-refractivity contribution in [2.45, 2.75) is 171 Å². The summed E-state index contributed by atoms with van der Waals surface area (Å²) in [6.45, 7) is 9.44. The molecule has 2 bridgehead atoms. The predicted molar refractivity (Wildman–Crippen MR) is 239 cm³/mol. The molecule has 2 saturated heterocycles. The summed E-state index contributed by atoms with van der Waals surface area (Å²) in [5, 5.41) is 96.6. The zero-order valence-electron chi connectivity index (χ0n) is 38.0. The van der Waals surface area contributed by atoms with Gasteiger partial charge in [0.25, 0.3) is 0 Å². The lowest BCUT2D eigenvalue weighted by Crippen LogP contribution is -2.61. The largest absolute Gasteiger partial charge is 0.481 e. The number of aliphatic carboxylic acids is 1. The number of aliphatic hydroxyl groups excluding tert-OH is 7. The first kappa shape index (κ1) is 55.6. The van der Waals surface area contributed by atoms with Crippen LogP contribution in [0.2, 0.25) is 0 Å². The number of carbonyl (C=O) groups is 3. The van der Waals surface area contributed by atoms with Gasteiger partial charge in [0.1, 0.15) is 23.9 Å². The second-order valence-electron chi connectivity index (χ2n) is 17.8. The Balaban J connectivity index is 1.86. The van der Waals surface area contributed by atoms with Crippen molar-refractivity contribution in [1.29, 1.82) is 0 Å². The molecule has 0 aromatic rings. The Hall–Kier alpha value is -3.69. The second kappa shape index (κ2) is 27.2. The summed E-state index contributed by atoms with van der Waals surface area (Å²) in [6.07, 6.45) is 6.13. The van der Waals surface area contributed by atoms with Gasteiger partial charge in [-0.15, -0.1) is 0 Å².